The van der Waals surface area contributed by atoms with Crippen molar-refractivity contribution in [3.05, 3.63) is 72.6 Å². The summed E-state index contributed by atoms with van der Waals surface area (Å²) in [4.78, 5) is 19.4. The molecule has 0 radical (unpaired) electrons. The number of rotatable bonds is 3. The Labute approximate surface area is 147 Å². The van der Waals surface area contributed by atoms with Crippen molar-refractivity contribution < 1.29 is 4.79 Å². The number of carbonyl (C=O) groups excluding carboxylic acids is 1. The molecule has 1 fully saturated rings. The van der Waals surface area contributed by atoms with Crippen molar-refractivity contribution >= 4 is 22.4 Å². The number of hydrogen-bond acceptors (Lipinski definition) is 3. The zero-order chi connectivity index (χ0) is 17.1. The van der Waals surface area contributed by atoms with Crippen molar-refractivity contribution in [1.82, 2.24) is 9.88 Å². The highest BCUT2D eigenvalue weighted by Crippen LogP contribution is 2.21. The second-order valence-corrected chi connectivity index (χ2v) is 6.48. The number of anilines is 1. The molecule has 126 valence electrons. The fraction of sp³-hybridized carbons (Fsp3) is 0.238. The number of para-hydroxylation sites is 1. The molecular formula is C21H21N3O. The van der Waals surface area contributed by atoms with E-state index in [9.17, 15) is 4.79 Å². The van der Waals surface area contributed by atoms with Crippen LogP contribution in [0.2, 0.25) is 0 Å². The van der Waals surface area contributed by atoms with Gasteiger partial charge in [-0.15, -0.1) is 0 Å². The topological polar surface area (TPSA) is 45.2 Å². The standard InChI is InChI=1S/C21H21N3O/c25-21(20-19-11-5-4-7-16(19)12-13-22-20)24-14-6-10-18(15-24)23-17-8-2-1-3-9-17/h1-5,7-9,11-13,18,23H,6,10,14-15H2. The molecule has 4 heteroatoms. The van der Waals surface area contributed by atoms with Crippen molar-refractivity contribution in [3.63, 3.8) is 0 Å². The number of aromatic nitrogens is 1. The second-order valence-electron chi connectivity index (χ2n) is 6.48. The van der Waals surface area contributed by atoms with Crippen LogP contribution in [0.1, 0.15) is 23.3 Å². The summed E-state index contributed by atoms with van der Waals surface area (Å²) < 4.78 is 0. The first-order chi connectivity index (χ1) is 12.3. The smallest absolute Gasteiger partial charge is 0.273 e. The van der Waals surface area contributed by atoms with Gasteiger partial charge < -0.3 is 10.2 Å². The Morgan fingerprint density at radius 2 is 1.84 bits per heavy atom. The summed E-state index contributed by atoms with van der Waals surface area (Å²) in [6.45, 7) is 1.50. The Morgan fingerprint density at radius 1 is 1.04 bits per heavy atom. The van der Waals surface area contributed by atoms with Crippen molar-refractivity contribution in [1.29, 1.82) is 0 Å². The number of carbonyl (C=O) groups is 1. The summed E-state index contributed by atoms with van der Waals surface area (Å²) in [5.74, 6) is 0.0244. The SMILES string of the molecule is O=C(c1nccc2ccccc12)N1CCCC(Nc2ccccc2)C1. The van der Waals surface area contributed by atoms with Gasteiger partial charge in [0.1, 0.15) is 5.69 Å². The number of pyridine rings is 1. The molecular weight excluding hydrogens is 310 g/mol. The number of piperidine rings is 1. The summed E-state index contributed by atoms with van der Waals surface area (Å²) in [5, 5.41) is 5.52. The molecule has 0 bridgehead atoms. The monoisotopic (exact) mass is 331 g/mol. The van der Waals surface area contributed by atoms with Crippen LogP contribution in [0.15, 0.2) is 66.9 Å². The maximum atomic E-state index is 13.0. The summed E-state index contributed by atoms with van der Waals surface area (Å²) in [5.41, 5.74) is 1.66. The minimum Gasteiger partial charge on any atom is -0.381 e. The third-order valence-electron chi connectivity index (χ3n) is 4.73. The number of benzene rings is 2. The zero-order valence-corrected chi connectivity index (χ0v) is 14.1. The molecule has 1 aromatic heterocycles. The summed E-state index contributed by atoms with van der Waals surface area (Å²) in [7, 11) is 0. The van der Waals surface area contributed by atoms with Gasteiger partial charge in [-0.1, -0.05) is 42.5 Å². The fourth-order valence-electron chi connectivity index (χ4n) is 3.49. The van der Waals surface area contributed by atoms with Crippen LogP contribution in [-0.2, 0) is 0 Å². The molecule has 0 aliphatic carbocycles. The molecule has 4 rings (SSSR count). The van der Waals surface area contributed by atoms with Gasteiger partial charge in [0.15, 0.2) is 0 Å². The number of amides is 1. The zero-order valence-electron chi connectivity index (χ0n) is 14.1. The molecule has 1 unspecified atom stereocenters. The Kier molecular flexibility index (Phi) is 4.34. The highest BCUT2D eigenvalue weighted by atomic mass is 16.2. The first kappa shape index (κ1) is 15.6. The van der Waals surface area contributed by atoms with Crippen LogP contribution < -0.4 is 5.32 Å². The second kappa shape index (κ2) is 6.93. The van der Waals surface area contributed by atoms with E-state index >= 15 is 0 Å². The molecule has 1 atom stereocenters. The number of likely N-dealkylation sites (tertiary alicyclic amines) is 1. The summed E-state index contributed by atoms with van der Waals surface area (Å²) in [6.07, 6.45) is 3.79. The molecule has 1 saturated heterocycles. The Morgan fingerprint density at radius 3 is 2.72 bits per heavy atom. The molecule has 4 nitrogen and oxygen atoms in total. The molecule has 1 aliphatic heterocycles. The molecule has 0 saturated carbocycles. The minimum absolute atomic E-state index is 0.0244. The maximum Gasteiger partial charge on any atom is 0.273 e. The number of fused-ring (bicyclic) bond motifs is 1. The van der Waals surface area contributed by atoms with Crippen LogP contribution >= 0.6 is 0 Å². The highest BCUT2D eigenvalue weighted by Gasteiger charge is 2.26. The van der Waals surface area contributed by atoms with Crippen molar-refractivity contribution in [3.8, 4) is 0 Å². The van der Waals surface area contributed by atoms with Gasteiger partial charge in [-0.3, -0.25) is 9.78 Å². The van der Waals surface area contributed by atoms with Gasteiger partial charge in [-0.25, -0.2) is 0 Å². The van der Waals surface area contributed by atoms with E-state index in [1.165, 1.54) is 0 Å². The molecule has 1 N–H and O–H groups in total. The summed E-state index contributed by atoms with van der Waals surface area (Å²) in [6, 6.07) is 20.3. The lowest BCUT2D eigenvalue weighted by atomic mass is 10.0. The van der Waals surface area contributed by atoms with Gasteiger partial charge in [0.05, 0.1) is 0 Å². The molecule has 2 aromatic carbocycles. The third kappa shape index (κ3) is 3.33. The number of hydrogen-bond donors (Lipinski definition) is 1. The van der Waals surface area contributed by atoms with Gasteiger partial charge in [-0.05, 0) is 36.4 Å². The molecule has 0 spiro atoms. The molecule has 3 aromatic rings. The Balaban J connectivity index is 1.53. The quantitative estimate of drug-likeness (QED) is 0.790. The largest absolute Gasteiger partial charge is 0.381 e. The van der Waals surface area contributed by atoms with E-state index in [0.717, 1.165) is 35.8 Å². The molecule has 2 heterocycles. The van der Waals surface area contributed by atoms with Gasteiger partial charge >= 0.3 is 0 Å². The number of nitrogens with zero attached hydrogens (tertiary/aromatic N) is 2. The lowest BCUT2D eigenvalue weighted by Gasteiger charge is -2.33. The average molecular weight is 331 g/mol. The van der Waals surface area contributed by atoms with Crippen LogP contribution in [0.4, 0.5) is 5.69 Å². The van der Waals surface area contributed by atoms with E-state index in [1.807, 2.05) is 53.4 Å². The highest BCUT2D eigenvalue weighted by molar-refractivity contribution is 6.05. The predicted molar refractivity (Wildman–Crippen MR) is 101 cm³/mol. The van der Waals surface area contributed by atoms with E-state index in [2.05, 4.69) is 22.4 Å². The van der Waals surface area contributed by atoms with Crippen LogP contribution in [0.25, 0.3) is 10.8 Å². The lowest BCUT2D eigenvalue weighted by Crippen LogP contribution is -2.45. The molecule has 1 aliphatic rings. The van der Waals surface area contributed by atoms with Gasteiger partial charge in [-0.2, -0.15) is 0 Å². The van der Waals surface area contributed by atoms with Crippen LogP contribution in [0.5, 0.6) is 0 Å². The molecule has 25 heavy (non-hydrogen) atoms. The van der Waals surface area contributed by atoms with E-state index in [1.54, 1.807) is 6.20 Å². The fourth-order valence-corrected chi connectivity index (χ4v) is 3.49. The van der Waals surface area contributed by atoms with E-state index in [4.69, 9.17) is 0 Å². The van der Waals surface area contributed by atoms with Gasteiger partial charge in [0, 0.05) is 36.4 Å². The third-order valence-corrected chi connectivity index (χ3v) is 4.73. The first-order valence-corrected chi connectivity index (χ1v) is 8.76. The van der Waals surface area contributed by atoms with Crippen molar-refractivity contribution in [2.75, 3.05) is 18.4 Å². The minimum atomic E-state index is 0.0244. The molecule has 1 amide bonds. The van der Waals surface area contributed by atoms with E-state index < -0.39 is 0 Å². The maximum absolute atomic E-state index is 13.0. The lowest BCUT2D eigenvalue weighted by molar-refractivity contribution is 0.0711. The number of nitrogens with one attached hydrogen (secondary N) is 1. The van der Waals surface area contributed by atoms with Gasteiger partial charge in [0.25, 0.3) is 5.91 Å². The van der Waals surface area contributed by atoms with Crippen LogP contribution in [-0.4, -0.2) is 34.9 Å². The predicted octanol–water partition coefficient (Wildman–Crippen LogP) is 3.95. The Bertz CT molecular complexity index is 873. The average Bonchev–Trinajstić information content (AvgIpc) is 2.68. The van der Waals surface area contributed by atoms with E-state index in [0.29, 0.717) is 12.2 Å². The van der Waals surface area contributed by atoms with Crippen LogP contribution in [0, 0.1) is 0 Å². The Hall–Kier alpha value is -2.88. The van der Waals surface area contributed by atoms with Crippen molar-refractivity contribution in [2.24, 2.45) is 0 Å². The first-order valence-electron chi connectivity index (χ1n) is 8.76. The van der Waals surface area contributed by atoms with E-state index in [-0.39, 0.29) is 11.9 Å². The van der Waals surface area contributed by atoms with Crippen LogP contribution in [0.3, 0.4) is 0 Å². The van der Waals surface area contributed by atoms with Crippen molar-refractivity contribution in [2.45, 2.75) is 18.9 Å². The summed E-state index contributed by atoms with van der Waals surface area (Å²) >= 11 is 0. The van der Waals surface area contributed by atoms with Gasteiger partial charge in [0.2, 0.25) is 0 Å². The normalized spacial score (nSPS) is 17.4.